The Morgan fingerprint density at radius 3 is 1.17 bits per heavy atom. The summed E-state index contributed by atoms with van der Waals surface area (Å²) in [7, 11) is 0. The molecule has 37 heteroatoms. The highest BCUT2D eigenvalue weighted by Crippen LogP contribution is 2.25. The number of nitro groups is 2. The van der Waals surface area contributed by atoms with E-state index in [1.54, 1.807) is 41.3 Å². The van der Waals surface area contributed by atoms with Gasteiger partial charge in [0, 0.05) is 151 Å². The van der Waals surface area contributed by atoms with Gasteiger partial charge in [0.25, 0.3) is 11.4 Å². The molecule has 6 saturated heterocycles. The molecule has 548 valence electrons. The van der Waals surface area contributed by atoms with Crippen molar-refractivity contribution in [3.8, 4) is 11.5 Å². The van der Waals surface area contributed by atoms with E-state index in [0.29, 0.717) is 91.6 Å². The van der Waals surface area contributed by atoms with E-state index in [4.69, 9.17) is 70.6 Å². The topological polar surface area (TPSA) is 482 Å². The normalized spacial score (nSPS) is 15.8. The summed E-state index contributed by atoms with van der Waals surface area (Å²) in [6.45, 7) is 21.7. The second-order valence-corrected chi connectivity index (χ2v) is 24.4. The second-order valence-electron chi connectivity index (χ2n) is 23.7. The number of amides is 5. The number of aliphatic hydroxyl groups excluding tert-OH is 2. The molecule has 10 heterocycles. The maximum Gasteiger partial charge on any atom is 0.514 e. The van der Waals surface area contributed by atoms with Crippen LogP contribution in [0.5, 0.6) is 11.5 Å². The van der Waals surface area contributed by atoms with Crippen LogP contribution in [0.3, 0.4) is 0 Å². The van der Waals surface area contributed by atoms with Crippen LogP contribution in [0.25, 0.3) is 0 Å². The number of carbonyl (C=O) groups excluding carboxylic acids is 7. The van der Waals surface area contributed by atoms with Gasteiger partial charge >= 0.3 is 17.7 Å². The summed E-state index contributed by atoms with van der Waals surface area (Å²) in [5.41, 5.74) is 20.7. The molecule has 0 unspecified atom stereocenters. The molecule has 6 aliphatic rings. The summed E-state index contributed by atoms with van der Waals surface area (Å²) in [6.07, 6.45) is 3.73. The Morgan fingerprint density at radius 2 is 0.863 bits per heavy atom. The maximum absolute atomic E-state index is 12.2. The van der Waals surface area contributed by atoms with Crippen LogP contribution < -0.4 is 57.7 Å². The number of piperazine rings is 2. The lowest BCUT2D eigenvalue weighted by atomic mass is 10.1. The Balaban J connectivity index is 0.000000198. The highest BCUT2D eigenvalue weighted by Gasteiger charge is 2.35. The first kappa shape index (κ1) is 80.4. The molecule has 6 fully saturated rings. The number of carbonyl (C=O) groups is 7. The fourth-order valence-electron chi connectivity index (χ4n) is 9.45. The van der Waals surface area contributed by atoms with Crippen LogP contribution >= 0.6 is 23.2 Å². The average molecular weight is 1460 g/mol. The van der Waals surface area contributed by atoms with Crippen LogP contribution in [0, 0.1) is 20.2 Å². The number of hydrogen-bond donors (Lipinski definition) is 8. The van der Waals surface area contributed by atoms with Gasteiger partial charge in [-0.3, -0.25) is 49.2 Å². The summed E-state index contributed by atoms with van der Waals surface area (Å²) in [6, 6.07) is 24.4. The number of nitro benzene ring substituents is 2. The number of nitrogens with zero attached hydrogens (tertiary/aromatic N) is 12. The van der Waals surface area contributed by atoms with E-state index in [-0.39, 0.29) is 53.4 Å². The number of nitrogens with two attached hydrogens (primary N) is 4. The lowest BCUT2D eigenvalue weighted by Gasteiger charge is -2.41. The third kappa shape index (κ3) is 26.9. The molecule has 0 aliphatic carbocycles. The van der Waals surface area contributed by atoms with Gasteiger partial charge in [-0.05, 0) is 100 Å². The molecule has 6 aliphatic heterocycles. The molecule has 102 heavy (non-hydrogen) atoms. The Bertz CT molecular complexity index is 3710. The number of benzene rings is 2. The second kappa shape index (κ2) is 40.1. The number of aromatic nitrogens is 4. The third-order valence-corrected chi connectivity index (χ3v) is 15.9. The van der Waals surface area contributed by atoms with Crippen LogP contribution in [-0.4, -0.2) is 237 Å². The number of β-amino-alcohol motifs (C(OH)–C–C–N with tert-alkyl or cyclic N) is 2. The lowest BCUT2D eigenvalue weighted by molar-refractivity contribution is -0.385. The van der Waals surface area contributed by atoms with Gasteiger partial charge in [0.2, 0.25) is 23.6 Å². The first-order valence-electron chi connectivity index (χ1n) is 31.9. The molecule has 0 atom stereocenters. The molecule has 6 aromatic rings. The van der Waals surface area contributed by atoms with Gasteiger partial charge in [0.05, 0.1) is 70.5 Å². The average Bonchev–Trinajstić information content (AvgIpc) is 0.820. The van der Waals surface area contributed by atoms with Gasteiger partial charge in [-0.15, -0.1) is 0 Å². The number of aliphatic hydroxyl groups is 2. The fourth-order valence-corrected chi connectivity index (χ4v) is 9.65. The highest BCUT2D eigenvalue weighted by molar-refractivity contribution is 6.61. The van der Waals surface area contributed by atoms with Crippen molar-refractivity contribution in [3.63, 3.8) is 0 Å². The number of primary amides is 4. The summed E-state index contributed by atoms with van der Waals surface area (Å²) in [4.78, 5) is 126. The van der Waals surface area contributed by atoms with Crippen molar-refractivity contribution in [3.05, 3.63) is 169 Å². The van der Waals surface area contributed by atoms with Crippen molar-refractivity contribution in [2.75, 3.05) is 119 Å². The molecular formula is C65H82Cl2N18O17. The van der Waals surface area contributed by atoms with E-state index in [1.165, 1.54) is 98.5 Å². The number of pyridine rings is 4. The minimum absolute atomic E-state index is 0.0463. The Morgan fingerprint density at radius 1 is 0.500 bits per heavy atom. The number of anilines is 3. The predicted molar refractivity (Wildman–Crippen MR) is 375 cm³/mol. The minimum atomic E-state index is -0.978. The predicted octanol–water partition coefficient (Wildman–Crippen LogP) is 3.80. The highest BCUT2D eigenvalue weighted by atomic mass is 35.5. The minimum Gasteiger partial charge on any atom is -0.442 e. The summed E-state index contributed by atoms with van der Waals surface area (Å²) in [5.74, 6) is 0.458. The van der Waals surface area contributed by atoms with Gasteiger partial charge in [-0.1, -0.05) is 11.6 Å². The molecule has 12 rings (SSSR count). The SMILES string of the molecule is CC(C)N1CCN(C(=O)OC2CN(c3ccc(C(N)=O)cn3)C2)CC1.CC(C)N1CCNCC1.NC(=O)c1ccc(Cl)nc1.NC(=O)c1ccc(N2CC(O)C2)nc1.NC(=O)c1ccc(N2CC(OC(=O)Oc3ccc([N+](=O)[O-])cc3)C2)nc1.O=C(Cl)Oc1ccc([N+](=O)[O-])cc1.OC1CNC1. The van der Waals surface area contributed by atoms with E-state index >= 15 is 0 Å². The molecule has 0 bridgehead atoms. The third-order valence-electron chi connectivity index (χ3n) is 15.6. The number of ether oxygens (including phenoxy) is 4. The number of halogens is 2. The molecule has 0 spiro atoms. The van der Waals surface area contributed by atoms with Gasteiger partial charge in [0.15, 0.2) is 0 Å². The zero-order chi connectivity index (χ0) is 74.6. The van der Waals surface area contributed by atoms with Gasteiger partial charge in [-0.25, -0.2) is 34.3 Å². The van der Waals surface area contributed by atoms with Crippen LogP contribution in [0.2, 0.25) is 5.15 Å². The van der Waals surface area contributed by atoms with Crippen LogP contribution in [0.4, 0.5) is 43.2 Å². The Kier molecular flexibility index (Phi) is 31.6. The van der Waals surface area contributed by atoms with E-state index in [0.717, 1.165) is 56.9 Å². The summed E-state index contributed by atoms with van der Waals surface area (Å²) < 4.78 is 20.1. The van der Waals surface area contributed by atoms with Crippen molar-refractivity contribution in [2.45, 2.75) is 64.2 Å². The van der Waals surface area contributed by atoms with Crippen LogP contribution in [0.1, 0.15) is 69.1 Å². The number of non-ortho nitro benzene ring substituents is 2. The van der Waals surface area contributed by atoms with Crippen molar-refractivity contribution < 1.29 is 72.6 Å². The molecule has 0 radical (unpaired) electrons. The quantitative estimate of drug-likeness (QED) is 0.0181. The first-order valence-corrected chi connectivity index (χ1v) is 32.7. The first-order chi connectivity index (χ1) is 48.5. The van der Waals surface area contributed by atoms with E-state index in [2.05, 4.69) is 72.8 Å². The van der Waals surface area contributed by atoms with Crippen molar-refractivity contribution in [2.24, 2.45) is 22.9 Å². The monoisotopic (exact) mass is 1460 g/mol. The van der Waals surface area contributed by atoms with E-state index in [1.807, 2.05) is 14.7 Å². The molecule has 2 aromatic carbocycles. The fraction of sp³-hybridized carbons (Fsp3) is 0.400. The largest absolute Gasteiger partial charge is 0.514 e. The van der Waals surface area contributed by atoms with Gasteiger partial charge < -0.3 is 82.3 Å². The molecule has 35 nitrogen and oxygen atoms in total. The van der Waals surface area contributed by atoms with E-state index < -0.39 is 45.1 Å². The Labute approximate surface area is 596 Å². The lowest BCUT2D eigenvalue weighted by Crippen LogP contribution is -2.56. The van der Waals surface area contributed by atoms with Crippen molar-refractivity contribution in [1.29, 1.82) is 0 Å². The van der Waals surface area contributed by atoms with Crippen molar-refractivity contribution >= 4 is 93.3 Å². The molecule has 12 N–H and O–H groups in total. The number of nitrogens with one attached hydrogen (secondary N) is 2. The molecule has 4 aromatic heterocycles. The number of hydrogen-bond acceptors (Lipinski definition) is 28. The standard InChI is InChI=1S/C17H25N5O3.C16H14N4O6.C9H11N3O2.C7H4ClNO4.C7H16N2.C6H5ClN2O.C3H7NO/c1-12(2)20-5-7-21(8-6-20)17(24)25-14-10-22(11-14)15-4-3-13(9-19-15)16(18)23;17-15(21)10-1-6-14(18-7-10)19-8-13(9-19)26-16(22)25-12-4-2-11(3-5-12)20(23)24;10-9(14)6-1-2-8(11-3-6)12-4-7(13)5-12;8-7(10)13-6-3-1-5(2-4-6)9(11)12;1-7(2)9-5-3-8-4-6-9;7-5-2-1-4(3-9-5)6(8)10;5-3-1-4-2-3/h3-4,9,12,14H,5-8,10-11H2,1-2H3,(H2,18,23);1-7,13H,8-9H2,(H2,17,21);1-3,7,13H,4-5H2,(H2,10,14);1-4H;7-8H,3-6H2,1-2H3;1-3H,(H2,8,10);3-5H,1-2H2. The maximum atomic E-state index is 12.2. The summed E-state index contributed by atoms with van der Waals surface area (Å²) in [5, 5.41) is 44.8. The smallest absolute Gasteiger partial charge is 0.442 e. The van der Waals surface area contributed by atoms with Crippen molar-refractivity contribution in [1.82, 2.24) is 45.3 Å². The summed E-state index contributed by atoms with van der Waals surface area (Å²) >= 11 is 10.4. The van der Waals surface area contributed by atoms with Crippen LogP contribution in [0.15, 0.2) is 122 Å². The molecule has 0 saturated carbocycles. The van der Waals surface area contributed by atoms with Crippen LogP contribution in [-0.2, 0) is 9.47 Å². The number of rotatable bonds is 15. The Hall–Kier alpha value is -10.5. The van der Waals surface area contributed by atoms with Gasteiger partial charge in [-0.2, -0.15) is 0 Å². The van der Waals surface area contributed by atoms with E-state index in [9.17, 15) is 53.8 Å². The zero-order valence-electron chi connectivity index (χ0n) is 56.3. The van der Waals surface area contributed by atoms with Gasteiger partial charge in [0.1, 0.15) is 46.3 Å². The zero-order valence-corrected chi connectivity index (χ0v) is 57.8. The molecular weight excluding hydrogens is 1380 g/mol. The molecule has 5 amide bonds.